The van der Waals surface area contributed by atoms with Crippen LogP contribution in [0, 0.1) is 0 Å². The van der Waals surface area contributed by atoms with E-state index in [9.17, 15) is 0 Å². The summed E-state index contributed by atoms with van der Waals surface area (Å²) in [7, 11) is 0. The van der Waals surface area contributed by atoms with Crippen molar-refractivity contribution in [1.82, 2.24) is 0 Å². The van der Waals surface area contributed by atoms with E-state index >= 15 is 0 Å². The van der Waals surface area contributed by atoms with Crippen molar-refractivity contribution in [3.63, 3.8) is 0 Å². The molecule has 0 atom stereocenters. The van der Waals surface area contributed by atoms with Crippen molar-refractivity contribution in [2.24, 2.45) is 0 Å². The average Bonchev–Trinajstić information content (AvgIpc) is 2.16. The van der Waals surface area contributed by atoms with Crippen LogP contribution >= 0.6 is 11.8 Å². The molecular weight excluding hydrogens is 190 g/mol. The molecule has 0 radical (unpaired) electrons. The second-order valence-corrected chi connectivity index (χ2v) is 5.47. The maximum atomic E-state index is 3.27. The van der Waals surface area contributed by atoms with E-state index < -0.39 is 0 Å². The van der Waals surface area contributed by atoms with Crippen LogP contribution in [0.4, 0.5) is 5.69 Å². The van der Waals surface area contributed by atoms with E-state index in [1.54, 1.807) is 11.8 Å². The summed E-state index contributed by atoms with van der Waals surface area (Å²) >= 11 is 1.76. The lowest BCUT2D eigenvalue weighted by molar-refractivity contribution is 0.590. The van der Waals surface area contributed by atoms with Gasteiger partial charge in [-0.1, -0.05) is 38.6 Å². The van der Waals surface area contributed by atoms with Crippen LogP contribution in [-0.4, -0.2) is 0 Å². The van der Waals surface area contributed by atoms with Crippen LogP contribution in [0.1, 0.15) is 26.3 Å². The predicted octanol–water partition coefficient (Wildman–Crippen LogP) is 3.97. The number of rotatable bonds is 0. The monoisotopic (exact) mass is 205 g/mol. The van der Waals surface area contributed by atoms with Gasteiger partial charge in [-0.05, 0) is 28.5 Å². The molecule has 0 fully saturated rings. The van der Waals surface area contributed by atoms with Gasteiger partial charge in [-0.25, -0.2) is 0 Å². The summed E-state index contributed by atoms with van der Waals surface area (Å²) in [6.45, 7) is 6.71. The molecule has 1 heterocycles. The van der Waals surface area contributed by atoms with Crippen molar-refractivity contribution in [3.05, 3.63) is 35.4 Å². The van der Waals surface area contributed by atoms with Gasteiger partial charge >= 0.3 is 0 Å². The normalized spacial score (nSPS) is 14.8. The van der Waals surface area contributed by atoms with E-state index in [-0.39, 0.29) is 5.41 Å². The fraction of sp³-hybridized carbons (Fsp3) is 0.333. The van der Waals surface area contributed by atoms with Crippen LogP contribution < -0.4 is 5.32 Å². The summed E-state index contributed by atoms with van der Waals surface area (Å²) in [6.07, 6.45) is 1.99. The van der Waals surface area contributed by atoms with Gasteiger partial charge in [-0.2, -0.15) is 0 Å². The lowest BCUT2D eigenvalue weighted by atomic mass is 9.87. The number of thioether (sulfide) groups is 1. The van der Waals surface area contributed by atoms with E-state index in [2.05, 4.69) is 49.7 Å². The molecule has 0 bridgehead atoms. The van der Waals surface area contributed by atoms with E-state index in [1.807, 2.05) is 6.20 Å². The highest BCUT2D eigenvalue weighted by molar-refractivity contribution is 8.02. The molecular formula is C12H15NS. The van der Waals surface area contributed by atoms with Crippen LogP contribution in [0.2, 0.25) is 0 Å². The molecule has 0 unspecified atom stereocenters. The molecule has 1 aromatic rings. The smallest absolute Gasteiger partial charge is 0.0524 e. The molecule has 1 aliphatic rings. The van der Waals surface area contributed by atoms with Crippen molar-refractivity contribution in [2.45, 2.75) is 31.1 Å². The number of nitrogens with one attached hydrogen (secondary N) is 1. The Morgan fingerprint density at radius 1 is 1.21 bits per heavy atom. The molecule has 14 heavy (non-hydrogen) atoms. The quantitative estimate of drug-likeness (QED) is 0.687. The Kier molecular flexibility index (Phi) is 2.31. The van der Waals surface area contributed by atoms with Gasteiger partial charge < -0.3 is 5.32 Å². The van der Waals surface area contributed by atoms with Crippen LogP contribution in [0.5, 0.6) is 0 Å². The van der Waals surface area contributed by atoms with Crippen LogP contribution in [0.3, 0.4) is 0 Å². The van der Waals surface area contributed by atoms with Gasteiger partial charge in [0.1, 0.15) is 0 Å². The maximum absolute atomic E-state index is 3.27. The SMILES string of the molecule is CC(C)(C)c1ccc2c(c1)NC=CS2. The number of hydrogen-bond acceptors (Lipinski definition) is 2. The Morgan fingerprint density at radius 3 is 2.71 bits per heavy atom. The highest BCUT2D eigenvalue weighted by Crippen LogP contribution is 2.35. The van der Waals surface area contributed by atoms with Gasteiger partial charge in [-0.3, -0.25) is 0 Å². The van der Waals surface area contributed by atoms with Crippen LogP contribution in [-0.2, 0) is 5.41 Å². The van der Waals surface area contributed by atoms with Gasteiger partial charge in [0.15, 0.2) is 0 Å². The van der Waals surface area contributed by atoms with E-state index in [1.165, 1.54) is 16.1 Å². The average molecular weight is 205 g/mol. The Labute approximate surface area is 89.6 Å². The number of benzene rings is 1. The fourth-order valence-electron chi connectivity index (χ4n) is 1.44. The van der Waals surface area contributed by atoms with Crippen molar-refractivity contribution >= 4 is 17.4 Å². The van der Waals surface area contributed by atoms with Gasteiger partial charge in [0.05, 0.1) is 5.69 Å². The molecule has 1 nitrogen and oxygen atoms in total. The summed E-state index contributed by atoms with van der Waals surface area (Å²) in [6, 6.07) is 6.65. The van der Waals surface area contributed by atoms with Crippen molar-refractivity contribution in [3.8, 4) is 0 Å². The summed E-state index contributed by atoms with van der Waals surface area (Å²) < 4.78 is 0. The lowest BCUT2D eigenvalue weighted by Gasteiger charge is -2.22. The molecule has 1 N–H and O–H groups in total. The van der Waals surface area contributed by atoms with E-state index in [4.69, 9.17) is 0 Å². The minimum atomic E-state index is 0.225. The first-order valence-electron chi connectivity index (χ1n) is 4.80. The zero-order valence-electron chi connectivity index (χ0n) is 8.79. The van der Waals surface area contributed by atoms with Crippen molar-refractivity contribution in [2.75, 3.05) is 5.32 Å². The molecule has 74 valence electrons. The standard InChI is InChI=1S/C12H15NS/c1-12(2,3)9-4-5-11-10(8-9)13-6-7-14-11/h4-8,13H,1-3H3. The van der Waals surface area contributed by atoms with Gasteiger partial charge in [0.25, 0.3) is 0 Å². The van der Waals surface area contributed by atoms with Crippen molar-refractivity contribution < 1.29 is 0 Å². The molecule has 1 aromatic carbocycles. The van der Waals surface area contributed by atoms with Crippen LogP contribution in [0.25, 0.3) is 0 Å². The molecule has 0 saturated carbocycles. The fourth-order valence-corrected chi connectivity index (χ4v) is 2.12. The molecule has 0 aliphatic carbocycles. The van der Waals surface area contributed by atoms with Crippen LogP contribution in [0.15, 0.2) is 34.7 Å². The number of fused-ring (bicyclic) bond motifs is 1. The Hall–Kier alpha value is -0.890. The zero-order valence-corrected chi connectivity index (χ0v) is 9.61. The molecule has 0 spiro atoms. The lowest BCUT2D eigenvalue weighted by Crippen LogP contribution is -2.11. The predicted molar refractivity (Wildman–Crippen MR) is 63.8 cm³/mol. The molecule has 0 saturated heterocycles. The Morgan fingerprint density at radius 2 is 2.00 bits per heavy atom. The first kappa shape index (κ1) is 9.66. The molecule has 0 amide bonds. The Bertz CT molecular complexity index is 374. The van der Waals surface area contributed by atoms with E-state index in [0.29, 0.717) is 0 Å². The minimum Gasteiger partial charge on any atom is -0.360 e. The van der Waals surface area contributed by atoms with Gasteiger partial charge in [0, 0.05) is 11.1 Å². The number of anilines is 1. The highest BCUT2D eigenvalue weighted by atomic mass is 32.2. The third kappa shape index (κ3) is 1.80. The maximum Gasteiger partial charge on any atom is 0.0524 e. The Balaban J connectivity index is 2.41. The molecule has 0 aromatic heterocycles. The summed E-state index contributed by atoms with van der Waals surface area (Å²) in [5.41, 5.74) is 2.83. The molecule has 2 rings (SSSR count). The summed E-state index contributed by atoms with van der Waals surface area (Å²) in [5.74, 6) is 0. The van der Waals surface area contributed by atoms with Gasteiger partial charge in [0.2, 0.25) is 0 Å². The highest BCUT2D eigenvalue weighted by Gasteiger charge is 2.15. The molecule has 1 aliphatic heterocycles. The first-order chi connectivity index (χ1) is 6.57. The second kappa shape index (κ2) is 3.35. The van der Waals surface area contributed by atoms with Crippen molar-refractivity contribution in [1.29, 1.82) is 0 Å². The minimum absolute atomic E-state index is 0.225. The van der Waals surface area contributed by atoms with Gasteiger partial charge in [-0.15, -0.1) is 0 Å². The topological polar surface area (TPSA) is 12.0 Å². The summed E-state index contributed by atoms with van der Waals surface area (Å²) in [4.78, 5) is 1.31. The third-order valence-corrected chi connectivity index (χ3v) is 3.23. The first-order valence-corrected chi connectivity index (χ1v) is 5.68. The van der Waals surface area contributed by atoms with E-state index in [0.717, 1.165) is 0 Å². The zero-order chi connectivity index (χ0) is 10.2. The number of hydrogen-bond donors (Lipinski definition) is 1. The largest absolute Gasteiger partial charge is 0.360 e. The second-order valence-electron chi connectivity index (χ2n) is 4.53. The summed E-state index contributed by atoms with van der Waals surface area (Å²) in [5, 5.41) is 5.34. The molecule has 2 heteroatoms. The third-order valence-electron chi connectivity index (χ3n) is 2.35.